The SMILES string of the molecule is CCC(CC)(NC(=O)c1ccc(-c2ccccc2C)c(-c2ccc(Cl)c(CCCCN(C)C)c2)n1)C(=O)O. The fourth-order valence-corrected chi connectivity index (χ4v) is 4.83. The Labute approximate surface area is 231 Å². The molecular weight excluding hydrogens is 498 g/mol. The molecule has 38 heavy (non-hydrogen) atoms. The molecule has 0 atom stereocenters. The van der Waals surface area contributed by atoms with Crippen LogP contribution in [0.1, 0.15) is 61.1 Å². The number of carbonyl (C=O) groups excluding carboxylic acids is 1. The maximum Gasteiger partial charge on any atom is 0.329 e. The predicted octanol–water partition coefficient (Wildman–Crippen LogP) is 6.63. The van der Waals surface area contributed by atoms with Crippen molar-refractivity contribution in [2.75, 3.05) is 20.6 Å². The molecule has 0 radical (unpaired) electrons. The molecule has 2 N–H and O–H groups in total. The number of carboxylic acids is 1. The number of rotatable bonds is 12. The van der Waals surface area contributed by atoms with Gasteiger partial charge in [-0.15, -0.1) is 0 Å². The van der Waals surface area contributed by atoms with Gasteiger partial charge in [0.1, 0.15) is 11.2 Å². The number of benzene rings is 2. The lowest BCUT2D eigenvalue weighted by molar-refractivity contribution is -0.144. The van der Waals surface area contributed by atoms with E-state index in [9.17, 15) is 14.7 Å². The van der Waals surface area contributed by atoms with E-state index in [2.05, 4.69) is 30.4 Å². The van der Waals surface area contributed by atoms with E-state index in [4.69, 9.17) is 16.6 Å². The van der Waals surface area contributed by atoms with Crippen molar-refractivity contribution in [1.82, 2.24) is 15.2 Å². The van der Waals surface area contributed by atoms with E-state index >= 15 is 0 Å². The van der Waals surface area contributed by atoms with Crippen molar-refractivity contribution in [2.45, 2.75) is 58.4 Å². The highest BCUT2D eigenvalue weighted by Crippen LogP contribution is 2.35. The number of aromatic nitrogens is 1. The summed E-state index contributed by atoms with van der Waals surface area (Å²) >= 11 is 6.57. The molecule has 1 amide bonds. The minimum absolute atomic E-state index is 0.173. The van der Waals surface area contributed by atoms with E-state index in [0.717, 1.165) is 53.6 Å². The van der Waals surface area contributed by atoms with Gasteiger partial charge in [-0.05, 0) is 101 Å². The zero-order valence-corrected chi connectivity index (χ0v) is 23.7. The summed E-state index contributed by atoms with van der Waals surface area (Å²) in [7, 11) is 4.13. The summed E-state index contributed by atoms with van der Waals surface area (Å²) in [5.41, 5.74) is 4.40. The number of carbonyl (C=O) groups is 2. The van der Waals surface area contributed by atoms with Gasteiger partial charge in [0.05, 0.1) is 5.69 Å². The molecule has 0 aliphatic carbocycles. The van der Waals surface area contributed by atoms with Crippen LogP contribution in [0.3, 0.4) is 0 Å². The lowest BCUT2D eigenvalue weighted by atomic mass is 9.92. The number of unbranched alkanes of at least 4 members (excludes halogenated alkanes) is 1. The van der Waals surface area contributed by atoms with Gasteiger partial charge in [0, 0.05) is 16.1 Å². The van der Waals surface area contributed by atoms with Crippen LogP contribution in [0.25, 0.3) is 22.4 Å². The number of aliphatic carboxylic acids is 1. The Morgan fingerprint density at radius 1 is 1.00 bits per heavy atom. The van der Waals surface area contributed by atoms with Crippen molar-refractivity contribution < 1.29 is 14.7 Å². The van der Waals surface area contributed by atoms with Crippen LogP contribution in [0, 0.1) is 6.92 Å². The lowest BCUT2D eigenvalue weighted by Gasteiger charge is -2.28. The van der Waals surface area contributed by atoms with Crippen molar-refractivity contribution in [3.8, 4) is 22.4 Å². The van der Waals surface area contributed by atoms with Crippen molar-refractivity contribution in [3.63, 3.8) is 0 Å². The number of pyridine rings is 1. The topological polar surface area (TPSA) is 82.5 Å². The highest BCUT2D eigenvalue weighted by Gasteiger charge is 2.37. The molecule has 0 bridgehead atoms. The molecule has 0 aliphatic heterocycles. The molecule has 7 heteroatoms. The van der Waals surface area contributed by atoms with Crippen molar-refractivity contribution in [3.05, 3.63) is 76.4 Å². The third kappa shape index (κ3) is 6.80. The summed E-state index contributed by atoms with van der Waals surface area (Å²) in [5, 5.41) is 13.2. The van der Waals surface area contributed by atoms with Gasteiger partial charge in [-0.1, -0.05) is 55.8 Å². The third-order valence-electron chi connectivity index (χ3n) is 7.15. The number of hydrogen-bond donors (Lipinski definition) is 2. The minimum atomic E-state index is -1.34. The second-order valence-corrected chi connectivity index (χ2v) is 10.4. The quantitative estimate of drug-likeness (QED) is 0.254. The fraction of sp³-hybridized carbons (Fsp3) is 0.387. The van der Waals surface area contributed by atoms with E-state index in [-0.39, 0.29) is 18.5 Å². The molecule has 3 aromatic rings. The van der Waals surface area contributed by atoms with Gasteiger partial charge in [-0.3, -0.25) is 4.79 Å². The number of nitrogens with zero attached hydrogens (tertiary/aromatic N) is 2. The van der Waals surface area contributed by atoms with Gasteiger partial charge in [0.25, 0.3) is 5.91 Å². The number of halogens is 1. The Bertz CT molecular complexity index is 1290. The Kier molecular flexibility index (Phi) is 10.1. The fourth-order valence-electron chi connectivity index (χ4n) is 4.62. The van der Waals surface area contributed by atoms with E-state index < -0.39 is 17.4 Å². The molecule has 0 unspecified atom stereocenters. The van der Waals surface area contributed by atoms with Crippen molar-refractivity contribution >= 4 is 23.5 Å². The summed E-state index contributed by atoms with van der Waals surface area (Å²) < 4.78 is 0. The molecule has 0 saturated heterocycles. The first-order valence-electron chi connectivity index (χ1n) is 13.2. The van der Waals surface area contributed by atoms with E-state index in [1.807, 2.05) is 49.4 Å². The van der Waals surface area contributed by atoms with Gasteiger partial charge >= 0.3 is 5.97 Å². The summed E-state index contributed by atoms with van der Waals surface area (Å²) in [6.07, 6.45) is 3.46. The number of hydrogen-bond acceptors (Lipinski definition) is 4. The van der Waals surface area contributed by atoms with Crippen molar-refractivity contribution in [2.24, 2.45) is 0 Å². The Hall–Kier alpha value is -3.22. The number of carboxylic acid groups (broad SMARTS) is 1. The Balaban J connectivity index is 2.07. The van der Waals surface area contributed by atoms with Crippen molar-refractivity contribution in [1.29, 1.82) is 0 Å². The smallest absolute Gasteiger partial charge is 0.329 e. The maximum absolute atomic E-state index is 13.3. The van der Waals surface area contributed by atoms with Gasteiger partial charge in [0.15, 0.2) is 0 Å². The molecule has 3 rings (SSSR count). The predicted molar refractivity (Wildman–Crippen MR) is 155 cm³/mol. The molecule has 1 heterocycles. The maximum atomic E-state index is 13.3. The Morgan fingerprint density at radius 2 is 1.71 bits per heavy atom. The molecular formula is C31H38ClN3O3. The normalized spacial score (nSPS) is 11.6. The van der Waals surface area contributed by atoms with E-state index in [1.165, 1.54) is 0 Å². The summed E-state index contributed by atoms with van der Waals surface area (Å²) in [5.74, 6) is -1.56. The molecule has 6 nitrogen and oxygen atoms in total. The largest absolute Gasteiger partial charge is 0.480 e. The minimum Gasteiger partial charge on any atom is -0.480 e. The van der Waals surface area contributed by atoms with Crippen LogP contribution in [0.5, 0.6) is 0 Å². The molecule has 1 aromatic heterocycles. The molecule has 0 aliphatic rings. The zero-order chi connectivity index (χ0) is 27.9. The highest BCUT2D eigenvalue weighted by atomic mass is 35.5. The van der Waals surface area contributed by atoms with Gasteiger partial charge in [0.2, 0.25) is 0 Å². The molecule has 0 spiro atoms. The van der Waals surface area contributed by atoms with Gasteiger partial charge in [-0.2, -0.15) is 0 Å². The van der Waals surface area contributed by atoms with Crippen LogP contribution < -0.4 is 5.32 Å². The second kappa shape index (κ2) is 13.0. The lowest BCUT2D eigenvalue weighted by Crippen LogP contribution is -2.53. The molecule has 2 aromatic carbocycles. The molecule has 202 valence electrons. The number of nitrogens with one attached hydrogen (secondary N) is 1. The van der Waals surface area contributed by atoms with Crippen LogP contribution >= 0.6 is 11.6 Å². The summed E-state index contributed by atoms with van der Waals surface area (Å²) in [6.45, 7) is 6.57. The van der Waals surface area contributed by atoms with Crippen LogP contribution in [-0.4, -0.2) is 53.0 Å². The molecule has 0 fully saturated rings. The van der Waals surface area contributed by atoms with Crippen LogP contribution in [0.4, 0.5) is 0 Å². The highest BCUT2D eigenvalue weighted by molar-refractivity contribution is 6.31. The standard InChI is InChI=1S/C31H38ClN3O3/c1-6-31(7-2,30(37)38)34-29(36)27-18-16-25(24-14-9-8-12-21(24)3)28(33-27)23-15-17-26(32)22(20-23)13-10-11-19-35(4)5/h8-9,12,14-18,20H,6-7,10-11,13,19H2,1-5H3,(H,34,36)(H,37,38). The summed E-state index contributed by atoms with van der Waals surface area (Å²) in [6, 6.07) is 17.5. The third-order valence-corrected chi connectivity index (χ3v) is 7.52. The Morgan fingerprint density at radius 3 is 2.34 bits per heavy atom. The zero-order valence-electron chi connectivity index (χ0n) is 23.0. The van der Waals surface area contributed by atoms with Crippen LogP contribution in [0.2, 0.25) is 5.02 Å². The van der Waals surface area contributed by atoms with Crippen LogP contribution in [0.15, 0.2) is 54.6 Å². The molecule has 0 saturated carbocycles. The van der Waals surface area contributed by atoms with Gasteiger partial charge in [-0.25, -0.2) is 9.78 Å². The number of amides is 1. The van der Waals surface area contributed by atoms with Crippen LogP contribution in [-0.2, 0) is 11.2 Å². The number of aryl methyl sites for hydroxylation is 2. The monoisotopic (exact) mass is 535 g/mol. The van der Waals surface area contributed by atoms with Gasteiger partial charge < -0.3 is 15.3 Å². The first kappa shape index (κ1) is 29.3. The average molecular weight is 536 g/mol. The second-order valence-electron chi connectivity index (χ2n) is 10.0. The first-order valence-corrected chi connectivity index (χ1v) is 13.6. The summed E-state index contributed by atoms with van der Waals surface area (Å²) in [4.78, 5) is 32.2. The van der Waals surface area contributed by atoms with E-state index in [0.29, 0.717) is 10.7 Å². The van der Waals surface area contributed by atoms with E-state index in [1.54, 1.807) is 19.9 Å². The average Bonchev–Trinajstić information content (AvgIpc) is 2.90. The first-order chi connectivity index (χ1) is 18.1.